The highest BCUT2D eigenvalue weighted by Gasteiger charge is 2.30. The van der Waals surface area contributed by atoms with Crippen LogP contribution in [0.1, 0.15) is 32.3 Å². The Morgan fingerprint density at radius 2 is 1.95 bits per heavy atom. The summed E-state index contributed by atoms with van der Waals surface area (Å²) in [6.07, 6.45) is 2.96. The summed E-state index contributed by atoms with van der Waals surface area (Å²) in [5, 5.41) is 9.26. The topological polar surface area (TPSA) is 66.6 Å². The maximum absolute atomic E-state index is 12.5. The molecule has 3 N–H and O–H groups in total. The highest BCUT2D eigenvalue weighted by atomic mass is 16.3. The van der Waals surface area contributed by atoms with Gasteiger partial charge in [-0.2, -0.15) is 0 Å². The van der Waals surface area contributed by atoms with E-state index in [9.17, 15) is 9.90 Å². The third-order valence-corrected chi connectivity index (χ3v) is 3.77. The predicted octanol–water partition coefficient (Wildman–Crippen LogP) is 1.91. The smallest absolute Gasteiger partial charge is 0.240 e. The number of aromatic hydroxyl groups is 1. The largest absolute Gasteiger partial charge is 0.508 e. The molecule has 0 aromatic heterocycles. The van der Waals surface area contributed by atoms with Crippen LogP contribution in [0, 0.1) is 5.92 Å². The molecule has 0 radical (unpaired) electrons. The van der Waals surface area contributed by atoms with Crippen LogP contribution in [0.15, 0.2) is 24.3 Å². The molecule has 0 aliphatic heterocycles. The normalized spacial score (nSPS) is 16.2. The summed E-state index contributed by atoms with van der Waals surface area (Å²) < 4.78 is 0. The van der Waals surface area contributed by atoms with Crippen LogP contribution in [0.4, 0.5) is 0 Å². The number of nitrogens with zero attached hydrogens (tertiary/aromatic N) is 1. The van der Waals surface area contributed by atoms with Crippen molar-refractivity contribution in [1.29, 1.82) is 0 Å². The summed E-state index contributed by atoms with van der Waals surface area (Å²) in [6.45, 7) is 4.90. The third kappa shape index (κ3) is 3.97. The molecule has 110 valence electrons. The maximum atomic E-state index is 12.5. The third-order valence-electron chi connectivity index (χ3n) is 3.77. The molecule has 20 heavy (non-hydrogen) atoms. The van der Waals surface area contributed by atoms with E-state index in [4.69, 9.17) is 5.73 Å². The van der Waals surface area contributed by atoms with Crippen LogP contribution < -0.4 is 5.73 Å². The van der Waals surface area contributed by atoms with Crippen LogP contribution in [0.5, 0.6) is 5.75 Å². The molecule has 1 aliphatic carbocycles. The van der Waals surface area contributed by atoms with Crippen molar-refractivity contribution in [3.05, 3.63) is 29.8 Å². The fraction of sp³-hybridized carbons (Fsp3) is 0.562. The van der Waals surface area contributed by atoms with Gasteiger partial charge in [0.15, 0.2) is 0 Å². The van der Waals surface area contributed by atoms with E-state index in [1.165, 1.54) is 12.8 Å². The molecule has 4 nitrogen and oxygen atoms in total. The van der Waals surface area contributed by atoms with E-state index in [2.05, 4.69) is 0 Å². The number of amides is 1. The van der Waals surface area contributed by atoms with Crippen molar-refractivity contribution in [2.45, 2.75) is 45.2 Å². The van der Waals surface area contributed by atoms with Gasteiger partial charge in [0, 0.05) is 12.6 Å². The van der Waals surface area contributed by atoms with E-state index in [1.54, 1.807) is 12.1 Å². The summed E-state index contributed by atoms with van der Waals surface area (Å²) >= 11 is 0. The summed E-state index contributed by atoms with van der Waals surface area (Å²) in [7, 11) is 0. The first-order valence-corrected chi connectivity index (χ1v) is 7.31. The lowest BCUT2D eigenvalue weighted by molar-refractivity contribution is -0.134. The summed E-state index contributed by atoms with van der Waals surface area (Å²) in [4.78, 5) is 14.4. The number of carbonyl (C=O) groups excluding carboxylic acids is 1. The first-order chi connectivity index (χ1) is 9.47. The molecule has 1 atom stereocenters. The molecule has 1 aromatic rings. The van der Waals surface area contributed by atoms with Crippen molar-refractivity contribution in [2.24, 2.45) is 11.7 Å². The Bertz CT molecular complexity index is 452. The van der Waals surface area contributed by atoms with E-state index in [0.29, 0.717) is 12.3 Å². The summed E-state index contributed by atoms with van der Waals surface area (Å²) in [5.74, 6) is 0.924. The molecular weight excluding hydrogens is 252 g/mol. The lowest BCUT2D eigenvalue weighted by Crippen LogP contribution is -2.48. The van der Waals surface area contributed by atoms with E-state index in [-0.39, 0.29) is 17.7 Å². The molecule has 2 rings (SSSR count). The van der Waals surface area contributed by atoms with Gasteiger partial charge in [0.2, 0.25) is 5.91 Å². The van der Waals surface area contributed by atoms with Gasteiger partial charge < -0.3 is 15.7 Å². The Kier molecular flexibility index (Phi) is 4.65. The van der Waals surface area contributed by atoms with Crippen molar-refractivity contribution >= 4 is 5.91 Å². The zero-order valence-corrected chi connectivity index (χ0v) is 12.2. The summed E-state index contributed by atoms with van der Waals surface area (Å²) in [6, 6.07) is 6.54. The minimum absolute atomic E-state index is 0.0278. The number of phenolic OH excluding ortho intramolecular Hbond substituents is 1. The van der Waals surface area contributed by atoms with E-state index >= 15 is 0 Å². The van der Waals surface area contributed by atoms with Crippen LogP contribution in [0.3, 0.4) is 0 Å². The average Bonchev–Trinajstić information content (AvgIpc) is 3.21. The second-order valence-electron chi connectivity index (χ2n) is 6.00. The maximum Gasteiger partial charge on any atom is 0.240 e. The van der Waals surface area contributed by atoms with Gasteiger partial charge in [-0.1, -0.05) is 12.1 Å². The van der Waals surface area contributed by atoms with Gasteiger partial charge in [-0.05, 0) is 56.7 Å². The zero-order valence-electron chi connectivity index (χ0n) is 12.2. The number of hydrogen-bond donors (Lipinski definition) is 2. The molecule has 0 bridgehead atoms. The van der Waals surface area contributed by atoms with Gasteiger partial charge in [0.1, 0.15) is 5.75 Å². The fourth-order valence-corrected chi connectivity index (χ4v) is 2.32. The first kappa shape index (κ1) is 14.9. The number of nitrogens with two attached hydrogens (primary N) is 1. The Labute approximate surface area is 120 Å². The monoisotopic (exact) mass is 276 g/mol. The molecule has 0 heterocycles. The van der Waals surface area contributed by atoms with E-state index in [0.717, 1.165) is 12.1 Å². The van der Waals surface area contributed by atoms with Gasteiger partial charge in [0.05, 0.1) is 6.04 Å². The number of benzene rings is 1. The molecular formula is C16H24N2O2. The average molecular weight is 276 g/mol. The van der Waals surface area contributed by atoms with Crippen molar-refractivity contribution < 1.29 is 9.90 Å². The minimum atomic E-state index is -0.513. The Morgan fingerprint density at radius 1 is 1.35 bits per heavy atom. The molecule has 1 amide bonds. The van der Waals surface area contributed by atoms with Crippen LogP contribution in [-0.4, -0.2) is 34.5 Å². The second-order valence-corrected chi connectivity index (χ2v) is 6.00. The molecule has 1 fully saturated rings. The van der Waals surface area contributed by atoms with Crippen molar-refractivity contribution in [3.8, 4) is 5.75 Å². The Morgan fingerprint density at radius 3 is 2.45 bits per heavy atom. The quantitative estimate of drug-likeness (QED) is 0.834. The second kappa shape index (κ2) is 6.27. The molecule has 0 saturated heterocycles. The van der Waals surface area contributed by atoms with E-state index in [1.807, 2.05) is 30.9 Å². The molecule has 1 aromatic carbocycles. The van der Waals surface area contributed by atoms with Gasteiger partial charge in [-0.15, -0.1) is 0 Å². The molecule has 1 saturated carbocycles. The Balaban J connectivity index is 1.96. The van der Waals surface area contributed by atoms with Gasteiger partial charge in [-0.25, -0.2) is 0 Å². The van der Waals surface area contributed by atoms with Gasteiger partial charge in [0.25, 0.3) is 0 Å². The molecule has 1 aliphatic rings. The Hall–Kier alpha value is -1.55. The minimum Gasteiger partial charge on any atom is -0.508 e. The van der Waals surface area contributed by atoms with Crippen LogP contribution >= 0.6 is 0 Å². The van der Waals surface area contributed by atoms with Gasteiger partial charge >= 0.3 is 0 Å². The van der Waals surface area contributed by atoms with Crippen LogP contribution in [-0.2, 0) is 11.2 Å². The predicted molar refractivity (Wildman–Crippen MR) is 79.4 cm³/mol. The van der Waals surface area contributed by atoms with Crippen molar-refractivity contribution in [2.75, 3.05) is 6.54 Å². The number of phenols is 1. The SMILES string of the molecule is CC(C)N(CC1CC1)C(=O)[C@@H](N)Cc1ccc(O)cc1. The van der Waals surface area contributed by atoms with Gasteiger partial charge in [-0.3, -0.25) is 4.79 Å². The van der Waals surface area contributed by atoms with E-state index < -0.39 is 6.04 Å². The molecule has 0 spiro atoms. The molecule has 4 heteroatoms. The number of carbonyl (C=O) groups is 1. The number of hydrogen-bond acceptors (Lipinski definition) is 3. The molecule has 0 unspecified atom stereocenters. The number of rotatable bonds is 6. The van der Waals surface area contributed by atoms with Crippen LogP contribution in [0.2, 0.25) is 0 Å². The lowest BCUT2D eigenvalue weighted by Gasteiger charge is -2.29. The fourth-order valence-electron chi connectivity index (χ4n) is 2.32. The van der Waals surface area contributed by atoms with Crippen molar-refractivity contribution in [3.63, 3.8) is 0 Å². The highest BCUT2D eigenvalue weighted by molar-refractivity contribution is 5.82. The first-order valence-electron chi connectivity index (χ1n) is 7.31. The standard InChI is InChI=1S/C16H24N2O2/c1-11(2)18(10-13-3-4-13)16(20)15(17)9-12-5-7-14(19)8-6-12/h5-8,11,13,15,19H,3-4,9-10,17H2,1-2H3/t15-/m0/s1. The van der Waals surface area contributed by atoms with Crippen LogP contribution in [0.25, 0.3) is 0 Å². The lowest BCUT2D eigenvalue weighted by atomic mass is 10.0. The zero-order chi connectivity index (χ0) is 14.7. The summed E-state index contributed by atoms with van der Waals surface area (Å²) in [5.41, 5.74) is 7.04. The van der Waals surface area contributed by atoms with Crippen molar-refractivity contribution in [1.82, 2.24) is 4.90 Å². The highest BCUT2D eigenvalue weighted by Crippen LogP contribution is 2.30.